The van der Waals surface area contributed by atoms with Crippen LogP contribution < -0.4 is 0 Å². The maximum Gasteiger partial charge on any atom is 0.233 e. The highest BCUT2D eigenvalue weighted by Gasteiger charge is 2.35. The van der Waals surface area contributed by atoms with E-state index in [4.69, 9.17) is 9.05 Å². The number of rotatable bonds is 5. The Bertz CT molecular complexity index is 1110. The van der Waals surface area contributed by atoms with Crippen LogP contribution in [0.3, 0.4) is 0 Å². The van der Waals surface area contributed by atoms with Gasteiger partial charge in [-0.3, -0.25) is 4.79 Å². The molecule has 7 nitrogen and oxygen atoms in total. The van der Waals surface area contributed by atoms with Gasteiger partial charge in [-0.2, -0.15) is 4.98 Å². The quantitative estimate of drug-likeness (QED) is 0.534. The molecule has 1 fully saturated rings. The van der Waals surface area contributed by atoms with E-state index < -0.39 is 0 Å². The van der Waals surface area contributed by atoms with E-state index in [0.29, 0.717) is 42.5 Å². The minimum absolute atomic E-state index is 0.0272. The van der Waals surface area contributed by atoms with Gasteiger partial charge in [0.2, 0.25) is 11.8 Å². The maximum atomic E-state index is 12.5. The first-order valence-corrected chi connectivity index (χ1v) is 9.24. The first kappa shape index (κ1) is 16.7. The van der Waals surface area contributed by atoms with Crippen LogP contribution in [0.2, 0.25) is 0 Å². The molecular formula is C21H18N4O3. The van der Waals surface area contributed by atoms with E-state index in [1.165, 1.54) is 0 Å². The fourth-order valence-electron chi connectivity index (χ4n) is 3.44. The van der Waals surface area contributed by atoms with Crippen LogP contribution >= 0.6 is 0 Å². The van der Waals surface area contributed by atoms with Crippen LogP contribution in [0.25, 0.3) is 11.0 Å². The van der Waals surface area contributed by atoms with Crippen LogP contribution in [0.4, 0.5) is 0 Å². The Morgan fingerprint density at radius 3 is 2.64 bits per heavy atom. The number of likely N-dealkylation sites (tertiary alicyclic amines) is 1. The van der Waals surface area contributed by atoms with Crippen molar-refractivity contribution in [2.45, 2.75) is 18.8 Å². The van der Waals surface area contributed by atoms with Crippen molar-refractivity contribution < 1.29 is 13.8 Å². The number of hydrogen-bond donors (Lipinski definition) is 0. The van der Waals surface area contributed by atoms with Gasteiger partial charge < -0.3 is 13.9 Å². The van der Waals surface area contributed by atoms with Crippen molar-refractivity contribution >= 4 is 16.9 Å². The third kappa shape index (κ3) is 3.15. The molecule has 0 saturated carbocycles. The summed E-state index contributed by atoms with van der Waals surface area (Å²) in [6.07, 6.45) is 0.867. The number of fused-ring (bicyclic) bond motifs is 1. The van der Waals surface area contributed by atoms with Crippen molar-refractivity contribution in [1.29, 1.82) is 0 Å². The zero-order valence-electron chi connectivity index (χ0n) is 15.1. The van der Waals surface area contributed by atoms with Gasteiger partial charge >= 0.3 is 0 Å². The normalized spacial score (nSPS) is 14.4. The molecule has 2 aromatic heterocycles. The molecule has 1 aliphatic rings. The van der Waals surface area contributed by atoms with E-state index >= 15 is 0 Å². The number of para-hydroxylation sites is 1. The molecule has 0 unspecified atom stereocenters. The van der Waals surface area contributed by atoms with Crippen LogP contribution in [0.15, 0.2) is 63.6 Å². The monoisotopic (exact) mass is 374 g/mol. The van der Waals surface area contributed by atoms with E-state index in [-0.39, 0.29) is 18.2 Å². The molecule has 140 valence electrons. The SMILES string of the molecule is O=C(Cc1noc2ccccc12)N1CC(c2nc(Cc3ccccc3)no2)C1. The van der Waals surface area contributed by atoms with Gasteiger partial charge in [-0.05, 0) is 17.7 Å². The number of benzene rings is 2. The Morgan fingerprint density at radius 1 is 1.00 bits per heavy atom. The molecule has 0 bridgehead atoms. The third-order valence-electron chi connectivity index (χ3n) is 5.04. The molecule has 1 aliphatic heterocycles. The van der Waals surface area contributed by atoms with E-state index in [1.54, 1.807) is 4.90 Å². The second kappa shape index (κ2) is 6.92. The second-order valence-corrected chi connectivity index (χ2v) is 7.01. The molecule has 3 heterocycles. The zero-order chi connectivity index (χ0) is 18.9. The maximum absolute atomic E-state index is 12.5. The van der Waals surface area contributed by atoms with Crippen LogP contribution in [-0.2, 0) is 17.6 Å². The molecule has 0 spiro atoms. The number of carbonyl (C=O) groups is 1. The zero-order valence-corrected chi connectivity index (χ0v) is 15.1. The largest absolute Gasteiger partial charge is 0.356 e. The molecule has 0 N–H and O–H groups in total. The molecule has 1 saturated heterocycles. The Hall–Kier alpha value is -3.48. The highest BCUT2D eigenvalue weighted by atomic mass is 16.5. The molecule has 2 aromatic carbocycles. The Balaban J connectivity index is 1.19. The predicted octanol–water partition coefficient (Wildman–Crippen LogP) is 2.97. The second-order valence-electron chi connectivity index (χ2n) is 7.01. The summed E-state index contributed by atoms with van der Waals surface area (Å²) < 4.78 is 10.7. The van der Waals surface area contributed by atoms with Gasteiger partial charge in [-0.1, -0.05) is 52.8 Å². The molecule has 0 aliphatic carbocycles. The number of hydrogen-bond acceptors (Lipinski definition) is 6. The summed E-state index contributed by atoms with van der Waals surface area (Å²) in [5.74, 6) is 1.39. The van der Waals surface area contributed by atoms with Crippen LogP contribution in [0, 0.1) is 0 Å². The standard InChI is InChI=1S/C21H18N4O3/c26-20(11-17-16-8-4-5-9-18(16)27-23-17)25-12-15(13-25)21-22-19(24-28-21)10-14-6-2-1-3-7-14/h1-9,15H,10-13H2. The van der Waals surface area contributed by atoms with Gasteiger partial charge in [0, 0.05) is 24.9 Å². The summed E-state index contributed by atoms with van der Waals surface area (Å²) in [5.41, 5.74) is 2.51. The molecule has 0 radical (unpaired) electrons. The molecule has 5 rings (SSSR count). The summed E-state index contributed by atoms with van der Waals surface area (Å²) >= 11 is 0. The van der Waals surface area contributed by atoms with Crippen molar-refractivity contribution in [3.05, 3.63) is 77.6 Å². The van der Waals surface area contributed by atoms with Gasteiger partial charge in [0.1, 0.15) is 5.69 Å². The van der Waals surface area contributed by atoms with Crippen molar-refractivity contribution in [2.75, 3.05) is 13.1 Å². The average molecular weight is 374 g/mol. The summed E-state index contributed by atoms with van der Waals surface area (Å²) in [6, 6.07) is 17.6. The van der Waals surface area contributed by atoms with Crippen molar-refractivity contribution in [1.82, 2.24) is 20.2 Å². The fraction of sp³-hybridized carbons (Fsp3) is 0.238. The van der Waals surface area contributed by atoms with Crippen LogP contribution in [0.1, 0.15) is 28.9 Å². The van der Waals surface area contributed by atoms with Gasteiger partial charge in [0.05, 0.1) is 12.3 Å². The van der Waals surface area contributed by atoms with Crippen molar-refractivity contribution in [2.24, 2.45) is 0 Å². The van der Waals surface area contributed by atoms with Crippen molar-refractivity contribution in [3.63, 3.8) is 0 Å². The Kier molecular flexibility index (Phi) is 4.12. The first-order chi connectivity index (χ1) is 13.8. The van der Waals surface area contributed by atoms with Crippen LogP contribution in [0.5, 0.6) is 0 Å². The van der Waals surface area contributed by atoms with E-state index in [9.17, 15) is 4.79 Å². The molecule has 1 amide bonds. The molecule has 4 aromatic rings. The lowest BCUT2D eigenvalue weighted by molar-refractivity contribution is -0.135. The average Bonchev–Trinajstić information content (AvgIpc) is 3.29. The summed E-state index contributed by atoms with van der Waals surface area (Å²) in [6.45, 7) is 1.17. The van der Waals surface area contributed by atoms with Gasteiger partial charge in [0.25, 0.3) is 0 Å². The van der Waals surface area contributed by atoms with E-state index in [1.807, 2.05) is 54.6 Å². The minimum atomic E-state index is 0.0272. The Morgan fingerprint density at radius 2 is 1.79 bits per heavy atom. The number of aromatic nitrogens is 3. The minimum Gasteiger partial charge on any atom is -0.356 e. The van der Waals surface area contributed by atoms with Crippen LogP contribution in [-0.4, -0.2) is 39.2 Å². The lowest BCUT2D eigenvalue weighted by Gasteiger charge is -2.37. The molecule has 0 atom stereocenters. The van der Waals surface area contributed by atoms with E-state index in [0.717, 1.165) is 10.9 Å². The lowest BCUT2D eigenvalue weighted by Crippen LogP contribution is -2.49. The predicted molar refractivity (Wildman–Crippen MR) is 101 cm³/mol. The highest BCUT2D eigenvalue weighted by Crippen LogP contribution is 2.27. The summed E-state index contributed by atoms with van der Waals surface area (Å²) in [4.78, 5) is 18.8. The lowest BCUT2D eigenvalue weighted by atomic mass is 9.99. The number of amides is 1. The fourth-order valence-corrected chi connectivity index (χ4v) is 3.44. The molecule has 28 heavy (non-hydrogen) atoms. The third-order valence-corrected chi connectivity index (χ3v) is 5.04. The molecular weight excluding hydrogens is 356 g/mol. The first-order valence-electron chi connectivity index (χ1n) is 9.24. The van der Waals surface area contributed by atoms with Gasteiger partial charge in [-0.25, -0.2) is 0 Å². The number of nitrogens with zero attached hydrogens (tertiary/aromatic N) is 4. The molecule has 7 heteroatoms. The summed E-state index contributed by atoms with van der Waals surface area (Å²) in [7, 11) is 0. The number of carbonyl (C=O) groups excluding carboxylic acids is 1. The van der Waals surface area contributed by atoms with Crippen molar-refractivity contribution in [3.8, 4) is 0 Å². The Labute approximate surface area is 160 Å². The topological polar surface area (TPSA) is 85.3 Å². The van der Waals surface area contributed by atoms with E-state index in [2.05, 4.69) is 15.3 Å². The van der Waals surface area contributed by atoms with Gasteiger partial charge in [-0.15, -0.1) is 0 Å². The highest BCUT2D eigenvalue weighted by molar-refractivity contribution is 5.86. The van der Waals surface area contributed by atoms with Gasteiger partial charge in [0.15, 0.2) is 11.4 Å². The summed E-state index contributed by atoms with van der Waals surface area (Å²) in [5, 5.41) is 8.99. The smallest absolute Gasteiger partial charge is 0.233 e.